The zero-order valence-electron chi connectivity index (χ0n) is 6.41. The maximum Gasteiger partial charge on any atom is 0.259 e. The highest BCUT2D eigenvalue weighted by Gasteiger charge is 2.53. The molecule has 2 N–H and O–H groups in total. The van der Waals surface area contributed by atoms with Crippen LogP contribution in [0.5, 0.6) is 0 Å². The lowest BCUT2D eigenvalue weighted by atomic mass is 9.81. The van der Waals surface area contributed by atoms with Crippen LogP contribution in [0.2, 0.25) is 0 Å². The van der Waals surface area contributed by atoms with Crippen molar-refractivity contribution in [2.45, 2.75) is 18.4 Å². The van der Waals surface area contributed by atoms with E-state index in [4.69, 9.17) is 0 Å². The number of fused-ring (bicyclic) bond motifs is 1. The molecule has 2 aliphatic rings. The zero-order valence-corrected chi connectivity index (χ0v) is 6.41. The van der Waals surface area contributed by atoms with Gasteiger partial charge >= 0.3 is 0 Å². The van der Waals surface area contributed by atoms with Gasteiger partial charge in [0.05, 0.1) is 5.92 Å². The van der Waals surface area contributed by atoms with Crippen LogP contribution in [0.25, 0.3) is 0 Å². The highest BCUT2D eigenvalue weighted by Crippen LogP contribution is 2.34. The van der Waals surface area contributed by atoms with Gasteiger partial charge in [-0.05, 0) is 6.42 Å². The second-order valence-electron chi connectivity index (χ2n) is 3.21. The molecule has 1 saturated heterocycles. The first kappa shape index (κ1) is 7.49. The minimum atomic E-state index is -1.47. The van der Waals surface area contributed by atoms with Crippen LogP contribution in [0.4, 0.5) is 0 Å². The van der Waals surface area contributed by atoms with Crippen LogP contribution in [0.15, 0.2) is 12.2 Å². The number of rotatable bonds is 0. The Morgan fingerprint density at radius 3 is 2.92 bits per heavy atom. The molecule has 1 fully saturated rings. The molecular weight excluding hydrogens is 158 g/mol. The van der Waals surface area contributed by atoms with Gasteiger partial charge in [-0.3, -0.25) is 14.9 Å². The van der Waals surface area contributed by atoms with Gasteiger partial charge in [0.25, 0.3) is 5.91 Å². The number of hydrogen-bond donors (Lipinski definition) is 2. The summed E-state index contributed by atoms with van der Waals surface area (Å²) >= 11 is 0. The number of carbonyl (C=O) groups excluding carboxylic acids is 2. The fourth-order valence-electron chi connectivity index (χ4n) is 1.71. The molecule has 0 unspecified atom stereocenters. The van der Waals surface area contributed by atoms with Crippen molar-refractivity contribution in [2.75, 3.05) is 0 Å². The molecule has 0 aromatic carbocycles. The fraction of sp³-hybridized carbons (Fsp3) is 0.500. The summed E-state index contributed by atoms with van der Waals surface area (Å²) in [6, 6.07) is 0. The van der Waals surface area contributed by atoms with Crippen LogP contribution < -0.4 is 5.32 Å². The predicted octanol–water partition coefficient (Wildman–Crippen LogP) is -0.660. The molecule has 0 radical (unpaired) electrons. The molecule has 1 heterocycles. The molecule has 64 valence electrons. The molecule has 1 aliphatic heterocycles. The van der Waals surface area contributed by atoms with Gasteiger partial charge in [-0.2, -0.15) is 0 Å². The maximum absolute atomic E-state index is 11.1. The summed E-state index contributed by atoms with van der Waals surface area (Å²) in [5.74, 6) is -1.48. The van der Waals surface area contributed by atoms with Crippen molar-refractivity contribution in [2.24, 2.45) is 5.92 Å². The summed E-state index contributed by atoms with van der Waals surface area (Å²) in [4.78, 5) is 22.2. The van der Waals surface area contributed by atoms with Crippen LogP contribution in [-0.2, 0) is 9.59 Å². The van der Waals surface area contributed by atoms with Crippen molar-refractivity contribution < 1.29 is 14.7 Å². The Morgan fingerprint density at radius 2 is 2.25 bits per heavy atom. The third-order valence-electron chi connectivity index (χ3n) is 2.49. The Hall–Kier alpha value is -1.16. The summed E-state index contributed by atoms with van der Waals surface area (Å²) in [6.45, 7) is 0. The predicted molar refractivity (Wildman–Crippen MR) is 40.0 cm³/mol. The molecule has 1 aliphatic carbocycles. The molecule has 12 heavy (non-hydrogen) atoms. The van der Waals surface area contributed by atoms with Crippen molar-refractivity contribution in [3.05, 3.63) is 12.2 Å². The van der Waals surface area contributed by atoms with E-state index in [1.807, 2.05) is 6.08 Å². The Balaban J connectivity index is 2.41. The van der Waals surface area contributed by atoms with E-state index in [9.17, 15) is 14.7 Å². The first-order valence-electron chi connectivity index (χ1n) is 3.87. The highest BCUT2D eigenvalue weighted by atomic mass is 16.3. The smallest absolute Gasteiger partial charge is 0.259 e. The number of carbonyl (C=O) groups is 2. The Morgan fingerprint density at radius 1 is 1.50 bits per heavy atom. The van der Waals surface area contributed by atoms with Crippen LogP contribution in [0.1, 0.15) is 12.8 Å². The Labute approximate surface area is 69.3 Å². The topological polar surface area (TPSA) is 66.4 Å². The van der Waals surface area contributed by atoms with Crippen LogP contribution in [0, 0.1) is 5.92 Å². The molecule has 0 saturated carbocycles. The zero-order chi connectivity index (χ0) is 8.77. The van der Waals surface area contributed by atoms with Crippen molar-refractivity contribution in [1.82, 2.24) is 5.32 Å². The summed E-state index contributed by atoms with van der Waals surface area (Å²) < 4.78 is 0. The molecule has 2 atom stereocenters. The minimum absolute atomic E-state index is 0.245. The molecule has 0 aromatic heterocycles. The lowest BCUT2D eigenvalue weighted by Crippen LogP contribution is -2.43. The summed E-state index contributed by atoms with van der Waals surface area (Å²) in [5, 5.41) is 11.9. The van der Waals surface area contributed by atoms with E-state index in [1.165, 1.54) is 0 Å². The summed E-state index contributed by atoms with van der Waals surface area (Å²) in [6.07, 6.45) is 4.25. The molecule has 0 bridgehead atoms. The van der Waals surface area contributed by atoms with Gasteiger partial charge in [0.2, 0.25) is 5.91 Å². The molecular formula is C8H9NO3. The third kappa shape index (κ3) is 0.754. The van der Waals surface area contributed by atoms with Crippen LogP contribution in [-0.4, -0.2) is 22.5 Å². The number of hydrogen-bond acceptors (Lipinski definition) is 3. The number of nitrogens with one attached hydrogen (secondary N) is 1. The third-order valence-corrected chi connectivity index (χ3v) is 2.49. The number of amides is 2. The van der Waals surface area contributed by atoms with E-state index in [0.717, 1.165) is 0 Å². The van der Waals surface area contributed by atoms with Gasteiger partial charge in [-0.15, -0.1) is 0 Å². The summed E-state index contributed by atoms with van der Waals surface area (Å²) in [7, 11) is 0. The normalized spacial score (nSPS) is 39.6. The molecule has 4 nitrogen and oxygen atoms in total. The average molecular weight is 167 g/mol. The van der Waals surface area contributed by atoms with Gasteiger partial charge in [0.1, 0.15) is 0 Å². The van der Waals surface area contributed by atoms with Gasteiger partial charge < -0.3 is 5.11 Å². The van der Waals surface area contributed by atoms with Crippen molar-refractivity contribution in [1.29, 1.82) is 0 Å². The first-order valence-corrected chi connectivity index (χ1v) is 3.87. The van der Waals surface area contributed by atoms with Gasteiger partial charge in [-0.1, -0.05) is 12.2 Å². The van der Waals surface area contributed by atoms with E-state index in [0.29, 0.717) is 6.42 Å². The van der Waals surface area contributed by atoms with Gasteiger partial charge in [0.15, 0.2) is 5.60 Å². The number of allylic oxidation sites excluding steroid dienone is 1. The van der Waals surface area contributed by atoms with E-state index in [-0.39, 0.29) is 12.3 Å². The number of aliphatic hydroxyl groups is 1. The second-order valence-corrected chi connectivity index (χ2v) is 3.21. The van der Waals surface area contributed by atoms with E-state index >= 15 is 0 Å². The van der Waals surface area contributed by atoms with Crippen LogP contribution >= 0.6 is 0 Å². The molecule has 2 amide bonds. The minimum Gasteiger partial charge on any atom is -0.379 e. The lowest BCUT2D eigenvalue weighted by Gasteiger charge is -2.26. The monoisotopic (exact) mass is 167 g/mol. The first-order chi connectivity index (χ1) is 5.64. The highest BCUT2D eigenvalue weighted by molar-refractivity contribution is 6.09. The Kier molecular flexibility index (Phi) is 1.35. The second kappa shape index (κ2) is 2.17. The maximum atomic E-state index is 11.1. The van der Waals surface area contributed by atoms with E-state index in [2.05, 4.69) is 5.32 Å². The largest absolute Gasteiger partial charge is 0.379 e. The molecule has 4 heteroatoms. The number of imide groups is 1. The van der Waals surface area contributed by atoms with Crippen LogP contribution in [0.3, 0.4) is 0 Å². The summed E-state index contributed by atoms with van der Waals surface area (Å²) in [5.41, 5.74) is -1.47. The average Bonchev–Trinajstić information content (AvgIpc) is 2.25. The fourth-order valence-corrected chi connectivity index (χ4v) is 1.71. The van der Waals surface area contributed by atoms with Crippen molar-refractivity contribution in [3.63, 3.8) is 0 Å². The standard InChI is InChI=1S/C8H9NO3/c10-6-5-3-1-2-4-8(5,12)7(11)9-6/h1-2,5,12H,3-4H2,(H,9,10,11)/t5-,8+/m1/s1. The van der Waals surface area contributed by atoms with Crippen molar-refractivity contribution >= 4 is 11.8 Å². The van der Waals surface area contributed by atoms with E-state index in [1.54, 1.807) is 6.08 Å². The lowest BCUT2D eigenvalue weighted by molar-refractivity contribution is -0.138. The van der Waals surface area contributed by atoms with E-state index < -0.39 is 17.4 Å². The Bertz CT molecular complexity index is 284. The quantitative estimate of drug-likeness (QED) is 0.372. The molecule has 2 rings (SSSR count). The van der Waals surface area contributed by atoms with Gasteiger partial charge in [0, 0.05) is 6.42 Å². The molecule has 0 aromatic rings. The van der Waals surface area contributed by atoms with Crippen molar-refractivity contribution in [3.8, 4) is 0 Å². The van der Waals surface area contributed by atoms with Gasteiger partial charge in [-0.25, -0.2) is 0 Å². The SMILES string of the molecule is O=C1NC(=O)[C@]2(O)CC=CC[C@H]12. The molecule has 0 spiro atoms.